The van der Waals surface area contributed by atoms with Crippen LogP contribution in [0.2, 0.25) is 0 Å². The SMILES string of the molecule is CNC(=O)C1CCCN1S(=O)(=O)c1cc(Br)sc1C. The number of thiophene rings is 1. The third-order valence-corrected chi connectivity index (χ3v) is 6.90. The average Bonchev–Trinajstić information content (AvgIpc) is 2.95. The van der Waals surface area contributed by atoms with Gasteiger partial charge in [0, 0.05) is 18.5 Å². The Morgan fingerprint density at radius 1 is 1.58 bits per heavy atom. The lowest BCUT2D eigenvalue weighted by Crippen LogP contribution is -2.44. The number of rotatable bonds is 3. The third kappa shape index (κ3) is 2.72. The van der Waals surface area contributed by atoms with Crippen LogP contribution in [-0.4, -0.2) is 38.3 Å². The summed E-state index contributed by atoms with van der Waals surface area (Å²) in [5.41, 5.74) is 0. The maximum atomic E-state index is 12.6. The number of carbonyl (C=O) groups is 1. The molecule has 5 nitrogen and oxygen atoms in total. The highest BCUT2D eigenvalue weighted by atomic mass is 79.9. The largest absolute Gasteiger partial charge is 0.358 e. The lowest BCUT2D eigenvalue weighted by atomic mass is 10.2. The van der Waals surface area contributed by atoms with E-state index in [0.717, 1.165) is 8.66 Å². The van der Waals surface area contributed by atoms with Crippen LogP contribution in [0.4, 0.5) is 0 Å². The highest BCUT2D eigenvalue weighted by Gasteiger charge is 2.40. The molecule has 1 N–H and O–H groups in total. The summed E-state index contributed by atoms with van der Waals surface area (Å²) in [6.07, 6.45) is 1.28. The summed E-state index contributed by atoms with van der Waals surface area (Å²) in [5, 5.41) is 2.53. The molecule has 1 aromatic rings. The fourth-order valence-corrected chi connectivity index (χ4v) is 6.31. The number of nitrogens with one attached hydrogen (secondary N) is 1. The molecule has 2 rings (SSSR count). The van der Waals surface area contributed by atoms with E-state index in [1.165, 1.54) is 22.7 Å². The van der Waals surface area contributed by atoms with Gasteiger partial charge in [-0.05, 0) is 41.8 Å². The maximum absolute atomic E-state index is 12.6. The predicted molar refractivity (Wildman–Crippen MR) is 77.7 cm³/mol. The first-order valence-corrected chi connectivity index (χ1v) is 8.92. The van der Waals surface area contributed by atoms with E-state index in [2.05, 4.69) is 21.2 Å². The Morgan fingerprint density at radius 2 is 2.26 bits per heavy atom. The minimum atomic E-state index is -3.60. The second kappa shape index (κ2) is 5.51. The molecule has 1 saturated heterocycles. The molecule has 106 valence electrons. The van der Waals surface area contributed by atoms with Gasteiger partial charge < -0.3 is 5.32 Å². The standard InChI is InChI=1S/C11H15BrN2O3S2/c1-7-9(6-10(12)18-7)19(16,17)14-5-3-4-8(14)11(15)13-2/h6,8H,3-5H2,1-2H3,(H,13,15). The minimum absolute atomic E-state index is 0.243. The Balaban J connectivity index is 2.39. The van der Waals surface area contributed by atoms with Gasteiger partial charge in [0.25, 0.3) is 0 Å². The van der Waals surface area contributed by atoms with Crippen LogP contribution in [0.15, 0.2) is 14.7 Å². The lowest BCUT2D eigenvalue weighted by molar-refractivity contribution is -0.123. The van der Waals surface area contributed by atoms with Crippen LogP contribution >= 0.6 is 27.3 Å². The smallest absolute Gasteiger partial charge is 0.244 e. The number of aryl methyl sites for hydroxylation is 1. The summed E-state index contributed by atoms with van der Waals surface area (Å²) in [6, 6.07) is 1.02. The van der Waals surface area contributed by atoms with Crippen LogP contribution in [0.3, 0.4) is 0 Å². The lowest BCUT2D eigenvalue weighted by Gasteiger charge is -2.22. The fourth-order valence-electron chi connectivity index (χ4n) is 2.27. The zero-order chi connectivity index (χ0) is 14.2. The zero-order valence-corrected chi connectivity index (χ0v) is 13.9. The molecule has 2 heterocycles. The highest BCUT2D eigenvalue weighted by molar-refractivity contribution is 9.11. The first-order chi connectivity index (χ1) is 8.87. The van der Waals surface area contributed by atoms with Gasteiger partial charge in [-0.25, -0.2) is 8.42 Å². The van der Waals surface area contributed by atoms with Gasteiger partial charge in [-0.15, -0.1) is 11.3 Å². The molecule has 1 aliphatic heterocycles. The Bertz CT molecular complexity index is 597. The van der Waals surface area contributed by atoms with Crippen LogP contribution in [0.5, 0.6) is 0 Å². The molecule has 1 aromatic heterocycles. The average molecular weight is 367 g/mol. The van der Waals surface area contributed by atoms with E-state index >= 15 is 0 Å². The summed E-state index contributed by atoms with van der Waals surface area (Å²) in [5.74, 6) is -0.243. The number of sulfonamides is 1. The summed E-state index contributed by atoms with van der Waals surface area (Å²) in [4.78, 5) is 12.8. The molecular formula is C11H15BrN2O3S2. The van der Waals surface area contributed by atoms with Crippen LogP contribution in [0.25, 0.3) is 0 Å². The predicted octanol–water partition coefficient (Wildman–Crippen LogP) is 1.72. The van der Waals surface area contributed by atoms with Crippen molar-refractivity contribution >= 4 is 43.2 Å². The molecular weight excluding hydrogens is 352 g/mol. The monoisotopic (exact) mass is 366 g/mol. The second-order valence-electron chi connectivity index (χ2n) is 4.36. The molecule has 1 aliphatic rings. The van der Waals surface area contributed by atoms with Crippen molar-refractivity contribution in [2.45, 2.75) is 30.7 Å². The molecule has 1 atom stereocenters. The van der Waals surface area contributed by atoms with Gasteiger partial charge in [0.15, 0.2) is 0 Å². The van der Waals surface area contributed by atoms with Gasteiger partial charge in [0.1, 0.15) is 6.04 Å². The van der Waals surface area contributed by atoms with Crippen molar-refractivity contribution in [2.75, 3.05) is 13.6 Å². The van der Waals surface area contributed by atoms with Crippen molar-refractivity contribution in [1.82, 2.24) is 9.62 Å². The highest BCUT2D eigenvalue weighted by Crippen LogP contribution is 2.34. The van der Waals surface area contributed by atoms with Crippen LogP contribution in [0.1, 0.15) is 17.7 Å². The topological polar surface area (TPSA) is 66.5 Å². The summed E-state index contributed by atoms with van der Waals surface area (Å²) in [7, 11) is -2.07. The molecule has 0 spiro atoms. The number of carbonyl (C=O) groups excluding carboxylic acids is 1. The van der Waals surface area contributed by atoms with Crippen LogP contribution in [-0.2, 0) is 14.8 Å². The van der Waals surface area contributed by atoms with Crippen LogP contribution in [0, 0.1) is 6.92 Å². The van der Waals surface area contributed by atoms with Crippen molar-refractivity contribution in [3.05, 3.63) is 14.7 Å². The Morgan fingerprint density at radius 3 is 2.79 bits per heavy atom. The van der Waals surface area contributed by atoms with E-state index in [1.54, 1.807) is 13.0 Å². The first-order valence-electron chi connectivity index (χ1n) is 5.87. The van der Waals surface area contributed by atoms with Gasteiger partial charge in [0.05, 0.1) is 8.68 Å². The van der Waals surface area contributed by atoms with E-state index in [0.29, 0.717) is 24.3 Å². The van der Waals surface area contributed by atoms with Crippen molar-refractivity contribution in [3.63, 3.8) is 0 Å². The Kier molecular flexibility index (Phi) is 4.34. The quantitative estimate of drug-likeness (QED) is 0.885. The minimum Gasteiger partial charge on any atom is -0.358 e. The number of nitrogens with zero attached hydrogens (tertiary/aromatic N) is 1. The summed E-state index contributed by atoms with van der Waals surface area (Å²) >= 11 is 4.68. The maximum Gasteiger partial charge on any atom is 0.244 e. The van der Waals surface area contributed by atoms with E-state index in [1.807, 2.05) is 0 Å². The van der Waals surface area contributed by atoms with Gasteiger partial charge in [0.2, 0.25) is 15.9 Å². The molecule has 1 amide bonds. The van der Waals surface area contributed by atoms with Crippen molar-refractivity contribution < 1.29 is 13.2 Å². The number of halogens is 1. The molecule has 0 saturated carbocycles. The fraction of sp³-hybridized carbons (Fsp3) is 0.545. The zero-order valence-electron chi connectivity index (χ0n) is 10.6. The molecule has 1 fully saturated rings. The van der Waals surface area contributed by atoms with Crippen molar-refractivity contribution in [1.29, 1.82) is 0 Å². The van der Waals surface area contributed by atoms with E-state index in [4.69, 9.17) is 0 Å². The number of likely N-dealkylation sites (N-methyl/N-ethyl adjacent to an activating group) is 1. The Labute approximate surface area is 125 Å². The van der Waals surface area contributed by atoms with Gasteiger partial charge >= 0.3 is 0 Å². The number of amides is 1. The number of hydrogen-bond donors (Lipinski definition) is 1. The summed E-state index contributed by atoms with van der Waals surface area (Å²) in [6.45, 7) is 2.17. The van der Waals surface area contributed by atoms with Crippen molar-refractivity contribution in [3.8, 4) is 0 Å². The van der Waals surface area contributed by atoms with E-state index in [9.17, 15) is 13.2 Å². The molecule has 0 aliphatic carbocycles. The molecule has 19 heavy (non-hydrogen) atoms. The van der Waals surface area contributed by atoms with Crippen LogP contribution < -0.4 is 5.32 Å². The van der Waals surface area contributed by atoms with Crippen molar-refractivity contribution in [2.24, 2.45) is 0 Å². The van der Waals surface area contributed by atoms with Gasteiger partial charge in [-0.2, -0.15) is 4.31 Å². The van der Waals surface area contributed by atoms with Gasteiger partial charge in [-0.3, -0.25) is 4.79 Å². The second-order valence-corrected chi connectivity index (χ2v) is 8.85. The molecule has 8 heteroatoms. The first kappa shape index (κ1) is 15.0. The van der Waals surface area contributed by atoms with E-state index < -0.39 is 16.1 Å². The third-order valence-electron chi connectivity index (χ3n) is 3.18. The summed E-state index contributed by atoms with van der Waals surface area (Å²) < 4.78 is 27.4. The molecule has 0 aromatic carbocycles. The normalized spacial score (nSPS) is 20.7. The molecule has 0 bridgehead atoms. The number of hydrogen-bond acceptors (Lipinski definition) is 4. The molecule has 1 unspecified atom stereocenters. The Hall–Kier alpha value is -0.440. The van der Waals surface area contributed by atoms with E-state index in [-0.39, 0.29) is 5.91 Å². The molecule has 0 radical (unpaired) electrons. The van der Waals surface area contributed by atoms with Gasteiger partial charge in [-0.1, -0.05) is 0 Å².